The van der Waals surface area contributed by atoms with Gasteiger partial charge >= 0.3 is 0 Å². The van der Waals surface area contributed by atoms with Crippen molar-refractivity contribution in [3.05, 3.63) is 28.9 Å². The van der Waals surface area contributed by atoms with Crippen molar-refractivity contribution in [2.45, 2.75) is 19.1 Å². The lowest BCUT2D eigenvalue weighted by atomic mass is 10.6. The molecular weight excluding hydrogens is 144 g/mol. The van der Waals surface area contributed by atoms with Crippen molar-refractivity contribution >= 4 is 10.8 Å². The lowest BCUT2D eigenvalue weighted by molar-refractivity contribution is 0.681. The molecule has 0 amide bonds. The summed E-state index contributed by atoms with van der Waals surface area (Å²) in [5.41, 5.74) is 2.92. The van der Waals surface area contributed by atoms with E-state index >= 15 is 0 Å². The summed E-state index contributed by atoms with van der Waals surface area (Å²) in [6, 6.07) is 0. The Kier molecular flexibility index (Phi) is 2.25. The summed E-state index contributed by atoms with van der Waals surface area (Å²) < 4.78 is 11.3. The van der Waals surface area contributed by atoms with Crippen LogP contribution in [0, 0.1) is 0 Å². The van der Waals surface area contributed by atoms with Gasteiger partial charge in [0.25, 0.3) is 0 Å². The molecule has 0 bridgehead atoms. The molecule has 0 aromatic carbocycles. The lowest BCUT2D eigenvalue weighted by Gasteiger charge is -2.01. The summed E-state index contributed by atoms with van der Waals surface area (Å²) in [5.74, 6) is 0. The first-order chi connectivity index (χ1) is 4.72. The van der Waals surface area contributed by atoms with Crippen molar-refractivity contribution in [3.63, 3.8) is 0 Å². The van der Waals surface area contributed by atoms with Gasteiger partial charge in [0.15, 0.2) is 0 Å². The first-order valence-electron chi connectivity index (χ1n) is 3.26. The Morgan fingerprint density at radius 3 is 2.70 bits per heavy atom. The normalized spacial score (nSPS) is 18.1. The molecule has 54 valence electrons. The van der Waals surface area contributed by atoms with Crippen molar-refractivity contribution in [1.29, 1.82) is 0 Å². The molecule has 0 heterocycles. The molecule has 10 heavy (non-hydrogen) atoms. The van der Waals surface area contributed by atoms with Gasteiger partial charge in [-0.2, -0.15) is 0 Å². The van der Waals surface area contributed by atoms with Gasteiger partial charge in [-0.05, 0) is 12.2 Å². The molecular formula is C8H10OS. The number of rotatable bonds is 2. The van der Waals surface area contributed by atoms with Gasteiger partial charge in [-0.1, -0.05) is 19.9 Å². The second-order valence-corrected chi connectivity index (χ2v) is 4.36. The monoisotopic (exact) mass is 154 g/mol. The van der Waals surface area contributed by atoms with Crippen LogP contribution in [0.2, 0.25) is 0 Å². The summed E-state index contributed by atoms with van der Waals surface area (Å²) in [4.78, 5) is 0.815. The highest BCUT2D eigenvalue weighted by molar-refractivity contribution is 7.89. The zero-order chi connectivity index (χ0) is 7.56. The van der Waals surface area contributed by atoms with E-state index in [4.69, 9.17) is 0 Å². The Morgan fingerprint density at radius 1 is 1.60 bits per heavy atom. The van der Waals surface area contributed by atoms with E-state index in [-0.39, 0.29) is 5.25 Å². The van der Waals surface area contributed by atoms with Crippen molar-refractivity contribution in [3.8, 4) is 0 Å². The SMILES string of the molecule is CC(C)S(=O)C1=C=CC=C1. The van der Waals surface area contributed by atoms with Gasteiger partial charge in [-0.25, -0.2) is 0 Å². The maximum Gasteiger partial charge on any atom is 0.0809 e. The number of hydrogen-bond acceptors (Lipinski definition) is 1. The molecule has 1 atom stereocenters. The maximum absolute atomic E-state index is 11.3. The van der Waals surface area contributed by atoms with Gasteiger partial charge in [-0.15, -0.1) is 5.73 Å². The van der Waals surface area contributed by atoms with Crippen molar-refractivity contribution in [1.82, 2.24) is 0 Å². The fourth-order valence-electron chi connectivity index (χ4n) is 0.693. The first kappa shape index (κ1) is 7.52. The zero-order valence-corrected chi connectivity index (χ0v) is 6.94. The molecule has 2 heteroatoms. The Bertz CT molecular complexity index is 242. The second kappa shape index (κ2) is 3.00. The Hall–Kier alpha value is -0.590. The summed E-state index contributed by atoms with van der Waals surface area (Å²) in [5, 5.41) is 0.193. The highest BCUT2D eigenvalue weighted by Crippen LogP contribution is 2.11. The van der Waals surface area contributed by atoms with Crippen LogP contribution in [0.5, 0.6) is 0 Å². The minimum atomic E-state index is -0.860. The average Bonchev–Trinajstić information content (AvgIpc) is 2.36. The van der Waals surface area contributed by atoms with Crippen LogP contribution in [0.15, 0.2) is 28.9 Å². The van der Waals surface area contributed by atoms with Crippen molar-refractivity contribution in [2.75, 3.05) is 0 Å². The van der Waals surface area contributed by atoms with Gasteiger partial charge in [-0.3, -0.25) is 4.21 Å². The molecule has 0 aromatic heterocycles. The topological polar surface area (TPSA) is 17.1 Å². The summed E-state index contributed by atoms with van der Waals surface area (Å²) in [6.07, 6.45) is 5.49. The molecule has 1 nitrogen and oxygen atoms in total. The van der Waals surface area contributed by atoms with E-state index in [1.54, 1.807) is 6.08 Å². The molecule has 1 unspecified atom stereocenters. The van der Waals surface area contributed by atoms with Crippen LogP contribution >= 0.6 is 0 Å². The quantitative estimate of drug-likeness (QED) is 0.554. The van der Waals surface area contributed by atoms with Crippen LogP contribution < -0.4 is 0 Å². The third-order valence-electron chi connectivity index (χ3n) is 1.21. The fourth-order valence-corrected chi connectivity index (χ4v) is 1.60. The Labute approximate surface area is 63.6 Å². The van der Waals surface area contributed by atoms with Crippen LogP contribution in [0.25, 0.3) is 0 Å². The summed E-state index contributed by atoms with van der Waals surface area (Å²) >= 11 is 0. The smallest absolute Gasteiger partial charge is 0.0809 e. The largest absolute Gasteiger partial charge is 0.253 e. The minimum Gasteiger partial charge on any atom is -0.253 e. The minimum absolute atomic E-state index is 0.193. The molecule has 0 aromatic rings. The molecule has 0 saturated heterocycles. The molecule has 1 rings (SSSR count). The highest BCUT2D eigenvalue weighted by atomic mass is 32.2. The van der Waals surface area contributed by atoms with Crippen LogP contribution in [-0.2, 0) is 10.8 Å². The van der Waals surface area contributed by atoms with Crippen molar-refractivity contribution in [2.24, 2.45) is 0 Å². The molecule has 0 aliphatic heterocycles. The van der Waals surface area contributed by atoms with E-state index in [0.717, 1.165) is 4.91 Å². The lowest BCUT2D eigenvalue weighted by Crippen LogP contribution is -2.05. The van der Waals surface area contributed by atoms with Gasteiger partial charge < -0.3 is 0 Å². The summed E-state index contributed by atoms with van der Waals surface area (Å²) in [6.45, 7) is 3.88. The van der Waals surface area contributed by atoms with E-state index in [1.165, 1.54) is 0 Å². The van der Waals surface area contributed by atoms with Gasteiger partial charge in [0.1, 0.15) is 0 Å². The predicted octanol–water partition coefficient (Wildman–Crippen LogP) is 1.75. The van der Waals surface area contributed by atoms with Crippen LogP contribution in [0.4, 0.5) is 0 Å². The van der Waals surface area contributed by atoms with E-state index in [0.29, 0.717) is 0 Å². The molecule has 0 N–H and O–H groups in total. The average molecular weight is 154 g/mol. The van der Waals surface area contributed by atoms with Gasteiger partial charge in [0, 0.05) is 5.25 Å². The van der Waals surface area contributed by atoms with Gasteiger partial charge in [0.2, 0.25) is 0 Å². The molecule has 1 aliphatic rings. The fraction of sp³-hybridized carbons (Fsp3) is 0.375. The second-order valence-electron chi connectivity index (χ2n) is 2.38. The van der Waals surface area contributed by atoms with Crippen molar-refractivity contribution < 1.29 is 4.21 Å². The zero-order valence-electron chi connectivity index (χ0n) is 6.13. The van der Waals surface area contributed by atoms with Crippen LogP contribution in [0.3, 0.4) is 0 Å². The molecule has 0 radical (unpaired) electrons. The van der Waals surface area contributed by atoms with Crippen LogP contribution in [-0.4, -0.2) is 9.46 Å². The van der Waals surface area contributed by atoms with E-state index in [9.17, 15) is 4.21 Å². The first-order valence-corrected chi connectivity index (χ1v) is 4.47. The third-order valence-corrected chi connectivity index (χ3v) is 2.76. The molecule has 1 aliphatic carbocycles. The van der Waals surface area contributed by atoms with E-state index in [2.05, 4.69) is 5.73 Å². The van der Waals surface area contributed by atoms with Crippen LogP contribution in [0.1, 0.15) is 13.8 Å². The maximum atomic E-state index is 11.3. The number of allylic oxidation sites excluding steroid dienone is 2. The van der Waals surface area contributed by atoms with E-state index in [1.807, 2.05) is 26.0 Å². The standard InChI is InChI=1S/C8H10OS/c1-7(2)10(9)8-5-3-4-6-8/h3-5,7H,1-2H3. The number of hydrogen-bond donors (Lipinski definition) is 0. The molecule has 0 spiro atoms. The molecule has 0 saturated carbocycles. The Balaban J connectivity index is 2.77. The molecule has 0 fully saturated rings. The summed E-state index contributed by atoms with van der Waals surface area (Å²) in [7, 11) is -0.860. The Morgan fingerprint density at radius 2 is 2.30 bits per heavy atom. The predicted molar refractivity (Wildman–Crippen MR) is 44.0 cm³/mol. The van der Waals surface area contributed by atoms with E-state index < -0.39 is 10.8 Å². The van der Waals surface area contributed by atoms with Gasteiger partial charge in [0.05, 0.1) is 15.7 Å². The highest BCUT2D eigenvalue weighted by Gasteiger charge is 2.08. The third kappa shape index (κ3) is 1.47.